The number of benzene rings is 3. The Hall–Kier alpha value is -2.96. The standard InChI is InChI=1S/C26H25ClFN5O3S2.ClH/c27-22-5-2-6-23-24(22)30-26(37-23)33-15-13-32(14-16-33)12-11-29-25(34)18-3-1-4-20(17-18)31-38(35,36)21-9-7-19(28)8-10-21;/h1-10,17,31H,11-16H2,(H,29,34);1H. The van der Waals surface area contributed by atoms with E-state index in [-0.39, 0.29) is 28.9 Å². The lowest BCUT2D eigenvalue weighted by atomic mass is 10.2. The molecule has 4 aromatic rings. The fraction of sp³-hybridized carbons (Fsp3) is 0.231. The SMILES string of the molecule is Cl.O=C(NCCN1CCN(c2nc3c(Cl)cccc3s2)CC1)c1cccc(NS(=O)(=O)c2ccc(F)cc2)c1. The third-order valence-corrected chi connectivity index (χ3v) is 9.00. The number of thiazole rings is 1. The molecule has 1 amide bonds. The second-order valence-corrected chi connectivity index (χ2v) is 11.9. The third-order valence-electron chi connectivity index (χ3n) is 6.22. The summed E-state index contributed by atoms with van der Waals surface area (Å²) in [6, 6.07) is 16.6. The summed E-state index contributed by atoms with van der Waals surface area (Å²) in [5.74, 6) is -0.819. The van der Waals surface area contributed by atoms with Crippen LogP contribution in [0.15, 0.2) is 71.6 Å². The van der Waals surface area contributed by atoms with Crippen LogP contribution in [0.3, 0.4) is 0 Å². The van der Waals surface area contributed by atoms with Gasteiger partial charge in [-0.1, -0.05) is 35.1 Å². The zero-order chi connectivity index (χ0) is 26.7. The molecule has 0 atom stereocenters. The molecular formula is C26H26Cl2FN5O3S2. The van der Waals surface area contributed by atoms with E-state index >= 15 is 0 Å². The van der Waals surface area contributed by atoms with Crippen LogP contribution < -0.4 is 14.9 Å². The van der Waals surface area contributed by atoms with Crippen molar-refractivity contribution in [2.24, 2.45) is 0 Å². The molecule has 8 nitrogen and oxygen atoms in total. The molecule has 1 fully saturated rings. The fourth-order valence-corrected chi connectivity index (χ4v) is 6.55. The van der Waals surface area contributed by atoms with E-state index in [2.05, 4.69) is 19.8 Å². The number of hydrogen-bond donors (Lipinski definition) is 2. The first-order valence-corrected chi connectivity index (χ1v) is 14.7. The van der Waals surface area contributed by atoms with E-state index in [9.17, 15) is 17.6 Å². The Balaban J connectivity index is 0.00000353. The monoisotopic (exact) mass is 609 g/mol. The lowest BCUT2D eigenvalue weighted by Gasteiger charge is -2.34. The number of anilines is 2. The summed E-state index contributed by atoms with van der Waals surface area (Å²) in [4.78, 5) is 21.9. The van der Waals surface area contributed by atoms with Gasteiger partial charge in [0, 0.05) is 50.5 Å². The van der Waals surface area contributed by atoms with Gasteiger partial charge >= 0.3 is 0 Å². The fourth-order valence-electron chi connectivity index (χ4n) is 4.18. The second kappa shape index (κ2) is 12.5. The maximum absolute atomic E-state index is 13.1. The van der Waals surface area contributed by atoms with Crippen molar-refractivity contribution in [2.75, 3.05) is 48.9 Å². The number of aromatic nitrogens is 1. The van der Waals surface area contributed by atoms with Gasteiger partial charge in [-0.25, -0.2) is 17.8 Å². The minimum Gasteiger partial charge on any atom is -0.351 e. The van der Waals surface area contributed by atoms with Gasteiger partial charge in [0.15, 0.2) is 5.13 Å². The molecule has 0 spiro atoms. The predicted molar refractivity (Wildman–Crippen MR) is 157 cm³/mol. The first-order valence-electron chi connectivity index (χ1n) is 12.0. The number of para-hydroxylation sites is 1. The Bertz CT molecular complexity index is 1560. The highest BCUT2D eigenvalue weighted by Gasteiger charge is 2.21. The van der Waals surface area contributed by atoms with Gasteiger partial charge in [-0.2, -0.15) is 0 Å². The number of hydrogen-bond acceptors (Lipinski definition) is 7. The van der Waals surface area contributed by atoms with Crippen molar-refractivity contribution in [3.8, 4) is 0 Å². The minimum atomic E-state index is -3.91. The van der Waals surface area contributed by atoms with Crippen molar-refractivity contribution in [1.29, 1.82) is 0 Å². The molecule has 0 aliphatic carbocycles. The zero-order valence-corrected chi connectivity index (χ0v) is 23.8. The van der Waals surface area contributed by atoms with Crippen molar-refractivity contribution in [3.05, 3.63) is 83.1 Å². The largest absolute Gasteiger partial charge is 0.351 e. The molecule has 2 N–H and O–H groups in total. The molecule has 0 radical (unpaired) electrons. The van der Waals surface area contributed by atoms with E-state index in [0.717, 1.165) is 53.7 Å². The maximum atomic E-state index is 13.1. The van der Waals surface area contributed by atoms with Gasteiger partial charge in [0.2, 0.25) is 0 Å². The average molecular weight is 611 g/mol. The van der Waals surface area contributed by atoms with Gasteiger partial charge in [0.1, 0.15) is 11.3 Å². The lowest BCUT2D eigenvalue weighted by molar-refractivity contribution is 0.0948. The van der Waals surface area contributed by atoms with Crippen LogP contribution in [0.1, 0.15) is 10.4 Å². The summed E-state index contributed by atoms with van der Waals surface area (Å²) in [6.07, 6.45) is 0. The van der Waals surface area contributed by atoms with Crippen LogP contribution in [-0.4, -0.2) is 63.5 Å². The van der Waals surface area contributed by atoms with Crippen LogP contribution in [0, 0.1) is 5.82 Å². The summed E-state index contributed by atoms with van der Waals surface area (Å²) in [7, 11) is -3.91. The highest BCUT2D eigenvalue weighted by Crippen LogP contribution is 2.33. The first-order chi connectivity index (χ1) is 18.3. The van der Waals surface area contributed by atoms with E-state index in [1.165, 1.54) is 18.2 Å². The highest BCUT2D eigenvalue weighted by atomic mass is 35.5. The number of fused-ring (bicyclic) bond motifs is 1. The van der Waals surface area contributed by atoms with Crippen LogP contribution in [0.4, 0.5) is 15.2 Å². The van der Waals surface area contributed by atoms with E-state index in [0.29, 0.717) is 23.7 Å². The van der Waals surface area contributed by atoms with Crippen molar-refractivity contribution in [3.63, 3.8) is 0 Å². The van der Waals surface area contributed by atoms with Gasteiger partial charge in [0.25, 0.3) is 15.9 Å². The third kappa shape index (κ3) is 6.98. The van der Waals surface area contributed by atoms with Gasteiger partial charge in [-0.3, -0.25) is 14.4 Å². The molecule has 0 unspecified atom stereocenters. The van der Waals surface area contributed by atoms with Crippen molar-refractivity contribution in [1.82, 2.24) is 15.2 Å². The van der Waals surface area contributed by atoms with Crippen LogP contribution in [0.2, 0.25) is 5.02 Å². The van der Waals surface area contributed by atoms with Gasteiger partial charge in [-0.15, -0.1) is 12.4 Å². The number of sulfonamides is 1. The summed E-state index contributed by atoms with van der Waals surface area (Å²) in [5.41, 5.74) is 1.42. The molecule has 5 rings (SSSR count). The van der Waals surface area contributed by atoms with E-state index in [1.807, 2.05) is 18.2 Å². The van der Waals surface area contributed by atoms with Crippen LogP contribution >= 0.6 is 35.3 Å². The molecule has 1 aliphatic rings. The summed E-state index contributed by atoms with van der Waals surface area (Å²) >= 11 is 7.91. The van der Waals surface area contributed by atoms with Crippen LogP contribution in [-0.2, 0) is 10.0 Å². The molecule has 0 bridgehead atoms. The van der Waals surface area contributed by atoms with Crippen molar-refractivity contribution in [2.45, 2.75) is 4.90 Å². The molecular weight excluding hydrogens is 584 g/mol. The molecule has 3 aromatic carbocycles. The van der Waals surface area contributed by atoms with Gasteiger partial charge in [0.05, 0.1) is 14.6 Å². The number of nitrogens with one attached hydrogen (secondary N) is 2. The Morgan fingerprint density at radius 1 is 1.03 bits per heavy atom. The zero-order valence-electron chi connectivity index (χ0n) is 20.6. The molecule has 206 valence electrons. The number of piperazine rings is 1. The molecule has 0 saturated carbocycles. The van der Waals surface area contributed by atoms with Crippen molar-refractivity contribution >= 4 is 72.3 Å². The Morgan fingerprint density at radius 3 is 2.46 bits per heavy atom. The quantitative estimate of drug-likeness (QED) is 0.296. The number of halogens is 3. The molecule has 39 heavy (non-hydrogen) atoms. The number of carbonyl (C=O) groups excluding carboxylic acids is 1. The summed E-state index contributed by atoms with van der Waals surface area (Å²) in [6.45, 7) is 4.52. The number of nitrogens with zero attached hydrogens (tertiary/aromatic N) is 3. The topological polar surface area (TPSA) is 94.6 Å². The van der Waals surface area contributed by atoms with Crippen LogP contribution in [0.25, 0.3) is 10.2 Å². The molecule has 2 heterocycles. The van der Waals surface area contributed by atoms with E-state index in [1.54, 1.807) is 29.5 Å². The first kappa shape index (κ1) is 29.0. The number of carbonyl (C=O) groups is 1. The smallest absolute Gasteiger partial charge is 0.261 e. The number of amides is 1. The Labute approximate surface area is 241 Å². The average Bonchev–Trinajstić information content (AvgIpc) is 3.35. The summed E-state index contributed by atoms with van der Waals surface area (Å²) < 4.78 is 41.8. The maximum Gasteiger partial charge on any atom is 0.261 e. The number of rotatable bonds is 8. The normalized spacial score (nSPS) is 14.2. The van der Waals surface area contributed by atoms with Crippen molar-refractivity contribution < 1.29 is 17.6 Å². The van der Waals surface area contributed by atoms with Gasteiger partial charge < -0.3 is 10.2 Å². The molecule has 1 aromatic heterocycles. The predicted octanol–water partition coefficient (Wildman–Crippen LogP) is 4.86. The lowest BCUT2D eigenvalue weighted by Crippen LogP contribution is -2.48. The minimum absolute atomic E-state index is 0. The van der Waals surface area contributed by atoms with Gasteiger partial charge in [-0.05, 0) is 54.6 Å². The summed E-state index contributed by atoms with van der Waals surface area (Å²) in [5, 5.41) is 4.53. The molecule has 13 heteroatoms. The molecule has 1 aliphatic heterocycles. The van der Waals surface area contributed by atoms with E-state index in [4.69, 9.17) is 16.6 Å². The van der Waals surface area contributed by atoms with E-state index < -0.39 is 15.8 Å². The van der Waals surface area contributed by atoms with Crippen LogP contribution in [0.5, 0.6) is 0 Å². The molecule has 1 saturated heterocycles. The Kier molecular flexibility index (Phi) is 9.29. The second-order valence-electron chi connectivity index (χ2n) is 8.81. The Morgan fingerprint density at radius 2 is 1.74 bits per heavy atom. The highest BCUT2D eigenvalue weighted by molar-refractivity contribution is 7.92.